The quantitative estimate of drug-likeness (QED) is 0.332. The summed E-state index contributed by atoms with van der Waals surface area (Å²) in [7, 11) is 1.24. The molecule has 0 bridgehead atoms. The van der Waals surface area contributed by atoms with Crippen molar-refractivity contribution >= 4 is 34.2 Å². The molecule has 7 nitrogen and oxygen atoms in total. The van der Waals surface area contributed by atoms with E-state index in [0.29, 0.717) is 23.5 Å². The standard InChI is InChI=1S/C18H17BrN2O5/c1-3-25-16-10-12(11-20-21-18(23)24-2)4-9-15(16)26-17(22)13-5-7-14(19)8-6-13/h4-11H,3H2,1-2H3,(H,21,23). The molecule has 0 atom stereocenters. The van der Waals surface area contributed by atoms with Crippen molar-refractivity contribution in [2.24, 2.45) is 5.10 Å². The Bertz CT molecular complexity index is 806. The molecule has 0 aliphatic rings. The number of carbonyl (C=O) groups excluding carboxylic acids is 2. The van der Waals surface area contributed by atoms with Crippen LogP contribution in [-0.4, -0.2) is 32.0 Å². The largest absolute Gasteiger partial charge is 0.490 e. The number of nitrogens with zero attached hydrogens (tertiary/aromatic N) is 1. The Morgan fingerprint density at radius 2 is 1.88 bits per heavy atom. The van der Waals surface area contributed by atoms with Crippen LogP contribution in [0.4, 0.5) is 4.79 Å². The number of hydrogen-bond donors (Lipinski definition) is 1. The van der Waals surface area contributed by atoms with Gasteiger partial charge in [0.25, 0.3) is 0 Å². The third-order valence-electron chi connectivity index (χ3n) is 3.11. The van der Waals surface area contributed by atoms with Crippen LogP contribution < -0.4 is 14.9 Å². The number of halogens is 1. The number of esters is 1. The van der Waals surface area contributed by atoms with Gasteiger partial charge in [-0.15, -0.1) is 0 Å². The van der Waals surface area contributed by atoms with Gasteiger partial charge in [0.1, 0.15) is 0 Å². The van der Waals surface area contributed by atoms with Crippen LogP contribution in [-0.2, 0) is 4.74 Å². The van der Waals surface area contributed by atoms with Gasteiger partial charge >= 0.3 is 12.1 Å². The molecule has 1 N–H and O–H groups in total. The van der Waals surface area contributed by atoms with E-state index in [-0.39, 0.29) is 5.75 Å². The zero-order valence-electron chi connectivity index (χ0n) is 14.2. The highest BCUT2D eigenvalue weighted by Gasteiger charge is 2.13. The predicted octanol–water partition coefficient (Wildman–Crippen LogP) is 3.76. The second-order valence-electron chi connectivity index (χ2n) is 4.90. The molecule has 0 aromatic heterocycles. The van der Waals surface area contributed by atoms with Crippen LogP contribution in [0.5, 0.6) is 11.5 Å². The molecule has 0 aliphatic carbocycles. The molecule has 2 aromatic carbocycles. The van der Waals surface area contributed by atoms with Crippen molar-refractivity contribution in [2.45, 2.75) is 6.92 Å². The van der Waals surface area contributed by atoms with Crippen LogP contribution >= 0.6 is 15.9 Å². The van der Waals surface area contributed by atoms with Gasteiger partial charge in [0.2, 0.25) is 0 Å². The number of rotatable bonds is 6. The summed E-state index contributed by atoms with van der Waals surface area (Å²) in [6, 6.07) is 11.8. The number of ether oxygens (including phenoxy) is 3. The molecular weight excluding hydrogens is 404 g/mol. The van der Waals surface area contributed by atoms with Crippen molar-refractivity contribution in [2.75, 3.05) is 13.7 Å². The first-order chi connectivity index (χ1) is 12.5. The topological polar surface area (TPSA) is 86.2 Å². The fourth-order valence-electron chi connectivity index (χ4n) is 1.91. The number of hydrazone groups is 1. The lowest BCUT2D eigenvalue weighted by Crippen LogP contribution is -2.16. The first-order valence-corrected chi connectivity index (χ1v) is 8.44. The molecular formula is C18H17BrN2O5. The summed E-state index contributed by atoms with van der Waals surface area (Å²) in [5.41, 5.74) is 3.25. The molecule has 0 fully saturated rings. The van der Waals surface area contributed by atoms with Crippen LogP contribution in [0.2, 0.25) is 0 Å². The lowest BCUT2D eigenvalue weighted by Gasteiger charge is -2.11. The van der Waals surface area contributed by atoms with E-state index < -0.39 is 12.1 Å². The van der Waals surface area contributed by atoms with Gasteiger partial charge in [-0.05, 0) is 55.0 Å². The summed E-state index contributed by atoms with van der Waals surface area (Å²) >= 11 is 3.32. The molecule has 0 unspecified atom stereocenters. The zero-order valence-corrected chi connectivity index (χ0v) is 15.8. The fourth-order valence-corrected chi connectivity index (χ4v) is 2.17. The normalized spacial score (nSPS) is 10.4. The number of amides is 1. The number of methoxy groups -OCH3 is 1. The van der Waals surface area contributed by atoms with Crippen molar-refractivity contribution in [1.29, 1.82) is 0 Å². The van der Waals surface area contributed by atoms with Gasteiger partial charge in [-0.25, -0.2) is 15.0 Å². The van der Waals surface area contributed by atoms with Gasteiger partial charge < -0.3 is 14.2 Å². The second kappa shape index (κ2) is 9.57. The van der Waals surface area contributed by atoms with Crippen molar-refractivity contribution in [3.8, 4) is 11.5 Å². The third kappa shape index (κ3) is 5.59. The minimum Gasteiger partial charge on any atom is -0.490 e. The first kappa shape index (κ1) is 19.5. The highest BCUT2D eigenvalue weighted by Crippen LogP contribution is 2.29. The Morgan fingerprint density at radius 3 is 2.54 bits per heavy atom. The van der Waals surface area contributed by atoms with E-state index in [4.69, 9.17) is 9.47 Å². The molecule has 26 heavy (non-hydrogen) atoms. The molecule has 0 saturated carbocycles. The van der Waals surface area contributed by atoms with E-state index in [0.717, 1.165) is 4.47 Å². The van der Waals surface area contributed by atoms with Crippen molar-refractivity contribution in [1.82, 2.24) is 5.43 Å². The molecule has 2 rings (SSSR count). The molecule has 0 spiro atoms. The summed E-state index contributed by atoms with van der Waals surface area (Å²) in [4.78, 5) is 23.2. The average molecular weight is 421 g/mol. The summed E-state index contributed by atoms with van der Waals surface area (Å²) in [5.74, 6) is 0.185. The number of benzene rings is 2. The smallest absolute Gasteiger partial charge is 0.427 e. The molecule has 0 aliphatic heterocycles. The van der Waals surface area contributed by atoms with Crippen LogP contribution in [0, 0.1) is 0 Å². The summed E-state index contributed by atoms with van der Waals surface area (Å²) in [6.45, 7) is 2.21. The Morgan fingerprint density at radius 1 is 1.15 bits per heavy atom. The Balaban J connectivity index is 2.15. The highest BCUT2D eigenvalue weighted by atomic mass is 79.9. The second-order valence-corrected chi connectivity index (χ2v) is 5.81. The zero-order chi connectivity index (χ0) is 18.9. The minimum atomic E-state index is -0.675. The van der Waals surface area contributed by atoms with Gasteiger partial charge in [0.05, 0.1) is 25.5 Å². The lowest BCUT2D eigenvalue weighted by atomic mass is 10.2. The minimum absolute atomic E-state index is 0.290. The Labute approximate surface area is 159 Å². The van der Waals surface area contributed by atoms with Gasteiger partial charge in [-0.2, -0.15) is 5.10 Å². The Kier molecular flexibility index (Phi) is 7.16. The van der Waals surface area contributed by atoms with Gasteiger partial charge in [-0.1, -0.05) is 15.9 Å². The highest BCUT2D eigenvalue weighted by molar-refractivity contribution is 9.10. The van der Waals surface area contributed by atoms with Gasteiger partial charge in [-0.3, -0.25) is 0 Å². The maximum Gasteiger partial charge on any atom is 0.427 e. The fraction of sp³-hybridized carbons (Fsp3) is 0.167. The van der Waals surface area contributed by atoms with E-state index in [1.165, 1.54) is 13.3 Å². The van der Waals surface area contributed by atoms with E-state index in [1.807, 2.05) is 6.92 Å². The SMILES string of the molecule is CCOc1cc(C=NNC(=O)OC)ccc1OC(=O)c1ccc(Br)cc1. The maximum absolute atomic E-state index is 12.3. The number of nitrogens with one attached hydrogen (secondary N) is 1. The lowest BCUT2D eigenvalue weighted by molar-refractivity contribution is 0.0728. The predicted molar refractivity (Wildman–Crippen MR) is 99.8 cm³/mol. The van der Waals surface area contributed by atoms with Gasteiger partial charge in [0.15, 0.2) is 11.5 Å². The Hall–Kier alpha value is -2.87. The first-order valence-electron chi connectivity index (χ1n) is 7.65. The van der Waals surface area contributed by atoms with Crippen LogP contribution in [0.1, 0.15) is 22.8 Å². The summed E-state index contributed by atoms with van der Waals surface area (Å²) < 4.78 is 16.2. The molecule has 0 heterocycles. The van der Waals surface area contributed by atoms with Crippen molar-refractivity contribution < 1.29 is 23.8 Å². The average Bonchev–Trinajstić information content (AvgIpc) is 2.64. The molecule has 0 radical (unpaired) electrons. The van der Waals surface area contributed by atoms with Crippen LogP contribution in [0.3, 0.4) is 0 Å². The van der Waals surface area contributed by atoms with Gasteiger partial charge in [0, 0.05) is 4.47 Å². The van der Waals surface area contributed by atoms with E-state index in [1.54, 1.807) is 42.5 Å². The van der Waals surface area contributed by atoms with Crippen molar-refractivity contribution in [3.63, 3.8) is 0 Å². The van der Waals surface area contributed by atoms with Crippen LogP contribution in [0.25, 0.3) is 0 Å². The molecule has 2 aromatic rings. The third-order valence-corrected chi connectivity index (χ3v) is 3.63. The molecule has 0 saturated heterocycles. The number of hydrogen-bond acceptors (Lipinski definition) is 6. The molecule has 136 valence electrons. The summed E-state index contributed by atoms with van der Waals surface area (Å²) in [6.07, 6.45) is 0.742. The molecule has 8 heteroatoms. The maximum atomic E-state index is 12.3. The monoisotopic (exact) mass is 420 g/mol. The van der Waals surface area contributed by atoms with E-state index >= 15 is 0 Å². The van der Waals surface area contributed by atoms with E-state index in [9.17, 15) is 9.59 Å². The van der Waals surface area contributed by atoms with E-state index in [2.05, 4.69) is 31.2 Å². The number of carbonyl (C=O) groups is 2. The van der Waals surface area contributed by atoms with Crippen molar-refractivity contribution in [3.05, 3.63) is 58.1 Å². The van der Waals surface area contributed by atoms with Crippen LogP contribution in [0.15, 0.2) is 52.0 Å². The molecule has 1 amide bonds. The summed E-state index contributed by atoms with van der Waals surface area (Å²) in [5, 5.41) is 3.74.